The Morgan fingerprint density at radius 1 is 1.42 bits per heavy atom. The average molecular weight is 282 g/mol. The Labute approximate surface area is 118 Å². The Hall–Kier alpha value is -1.29. The van der Waals surface area contributed by atoms with Crippen LogP contribution in [0.4, 0.5) is 5.82 Å². The predicted octanol–water partition coefficient (Wildman–Crippen LogP) is 3.23. The third-order valence-electron chi connectivity index (χ3n) is 3.79. The van der Waals surface area contributed by atoms with Gasteiger partial charge in [0.05, 0.1) is 5.02 Å². The molecule has 0 atom stereocenters. The lowest BCUT2D eigenvalue weighted by atomic mass is 9.75. The van der Waals surface area contributed by atoms with E-state index in [0.29, 0.717) is 16.5 Å². The van der Waals surface area contributed by atoms with Gasteiger partial charge in [0.1, 0.15) is 11.5 Å². The predicted molar refractivity (Wildman–Crippen MR) is 77.7 cm³/mol. The normalized spacial score (nSPS) is 16.6. The van der Waals surface area contributed by atoms with Gasteiger partial charge in [-0.2, -0.15) is 0 Å². The van der Waals surface area contributed by atoms with Crippen molar-refractivity contribution in [3.05, 3.63) is 22.8 Å². The molecule has 104 valence electrons. The Morgan fingerprint density at radius 2 is 2.16 bits per heavy atom. The molecule has 0 spiro atoms. The van der Waals surface area contributed by atoms with E-state index in [1.165, 1.54) is 6.42 Å². The van der Waals surface area contributed by atoms with Crippen molar-refractivity contribution in [3.8, 4) is 0 Å². The second-order valence-corrected chi connectivity index (χ2v) is 5.41. The lowest BCUT2D eigenvalue weighted by molar-refractivity contribution is 0.0815. The van der Waals surface area contributed by atoms with Crippen molar-refractivity contribution in [2.75, 3.05) is 11.9 Å². The van der Waals surface area contributed by atoms with Crippen LogP contribution in [0.1, 0.15) is 50.0 Å². The number of aromatic nitrogens is 1. The van der Waals surface area contributed by atoms with Crippen LogP contribution in [0.15, 0.2) is 12.1 Å². The summed E-state index contributed by atoms with van der Waals surface area (Å²) in [5, 5.41) is 6.57. The van der Waals surface area contributed by atoms with Gasteiger partial charge in [-0.05, 0) is 44.7 Å². The second-order valence-electron chi connectivity index (χ2n) is 5.00. The standard InChI is InChI=1S/C14H20ClN3O/c1-3-14(8-5-9-14)18-13(19)12-10(15)6-7-11(17-12)16-4-2/h6-7H,3-5,8-9H2,1-2H3,(H,16,17)(H,18,19). The van der Waals surface area contributed by atoms with Crippen molar-refractivity contribution < 1.29 is 4.79 Å². The minimum Gasteiger partial charge on any atom is -0.370 e. The molecule has 1 fully saturated rings. The molecule has 0 radical (unpaired) electrons. The lowest BCUT2D eigenvalue weighted by Crippen LogP contribution is -2.53. The van der Waals surface area contributed by atoms with Crippen molar-refractivity contribution in [3.63, 3.8) is 0 Å². The number of nitrogens with one attached hydrogen (secondary N) is 2. The van der Waals surface area contributed by atoms with E-state index in [1.54, 1.807) is 12.1 Å². The van der Waals surface area contributed by atoms with E-state index in [9.17, 15) is 4.79 Å². The van der Waals surface area contributed by atoms with Gasteiger partial charge in [-0.25, -0.2) is 4.98 Å². The first-order valence-electron chi connectivity index (χ1n) is 6.83. The molecule has 1 aromatic rings. The number of nitrogens with zero attached hydrogens (tertiary/aromatic N) is 1. The van der Waals surface area contributed by atoms with Gasteiger partial charge >= 0.3 is 0 Å². The van der Waals surface area contributed by atoms with Crippen LogP contribution >= 0.6 is 11.6 Å². The number of amides is 1. The maximum atomic E-state index is 12.3. The SMILES string of the molecule is CCNc1ccc(Cl)c(C(=O)NC2(CC)CCC2)n1. The van der Waals surface area contributed by atoms with E-state index in [2.05, 4.69) is 22.5 Å². The summed E-state index contributed by atoms with van der Waals surface area (Å²) >= 11 is 6.07. The summed E-state index contributed by atoms with van der Waals surface area (Å²) in [6.45, 7) is 4.84. The van der Waals surface area contributed by atoms with Crippen LogP contribution in [-0.2, 0) is 0 Å². The van der Waals surface area contributed by atoms with Crippen LogP contribution in [0.3, 0.4) is 0 Å². The smallest absolute Gasteiger partial charge is 0.271 e. The molecule has 0 bridgehead atoms. The van der Waals surface area contributed by atoms with E-state index in [4.69, 9.17) is 11.6 Å². The molecule has 4 nitrogen and oxygen atoms in total. The van der Waals surface area contributed by atoms with Gasteiger partial charge in [0, 0.05) is 12.1 Å². The van der Waals surface area contributed by atoms with Gasteiger partial charge in [0.2, 0.25) is 0 Å². The third kappa shape index (κ3) is 3.00. The number of halogens is 1. The van der Waals surface area contributed by atoms with E-state index >= 15 is 0 Å². The quantitative estimate of drug-likeness (QED) is 0.871. The second kappa shape index (κ2) is 5.78. The van der Waals surface area contributed by atoms with E-state index in [-0.39, 0.29) is 11.4 Å². The van der Waals surface area contributed by atoms with Gasteiger partial charge in [0.15, 0.2) is 0 Å². The first kappa shape index (κ1) is 14.1. The summed E-state index contributed by atoms with van der Waals surface area (Å²) < 4.78 is 0. The minimum absolute atomic E-state index is 0.0454. The summed E-state index contributed by atoms with van der Waals surface area (Å²) in [6.07, 6.45) is 4.20. The van der Waals surface area contributed by atoms with Crippen LogP contribution in [0.5, 0.6) is 0 Å². The Kier molecular flexibility index (Phi) is 4.30. The molecule has 0 saturated heterocycles. The lowest BCUT2D eigenvalue weighted by Gasteiger charge is -2.41. The van der Waals surface area contributed by atoms with Gasteiger partial charge in [-0.15, -0.1) is 0 Å². The van der Waals surface area contributed by atoms with Crippen LogP contribution in [0, 0.1) is 0 Å². The molecular formula is C14H20ClN3O. The molecule has 1 aromatic heterocycles. The van der Waals surface area contributed by atoms with Crippen LogP contribution in [0.25, 0.3) is 0 Å². The number of rotatable bonds is 5. The number of carbonyl (C=O) groups is 1. The topological polar surface area (TPSA) is 54.0 Å². The van der Waals surface area contributed by atoms with Crippen molar-refractivity contribution in [1.82, 2.24) is 10.3 Å². The molecule has 0 aliphatic heterocycles. The zero-order valence-electron chi connectivity index (χ0n) is 11.4. The van der Waals surface area contributed by atoms with Gasteiger partial charge < -0.3 is 10.6 Å². The summed E-state index contributed by atoms with van der Waals surface area (Å²) in [5.41, 5.74) is 0.260. The summed E-state index contributed by atoms with van der Waals surface area (Å²) in [6, 6.07) is 3.49. The van der Waals surface area contributed by atoms with E-state index in [0.717, 1.165) is 25.8 Å². The number of hydrogen-bond acceptors (Lipinski definition) is 3. The molecule has 0 aromatic carbocycles. The van der Waals surface area contributed by atoms with Crippen LogP contribution < -0.4 is 10.6 Å². The van der Waals surface area contributed by atoms with E-state index in [1.807, 2.05) is 6.92 Å². The zero-order chi connectivity index (χ0) is 13.9. The molecule has 19 heavy (non-hydrogen) atoms. The molecule has 1 saturated carbocycles. The highest BCUT2D eigenvalue weighted by Gasteiger charge is 2.37. The molecule has 2 N–H and O–H groups in total. The molecule has 0 unspecified atom stereocenters. The van der Waals surface area contributed by atoms with Crippen LogP contribution in [-0.4, -0.2) is 23.0 Å². The van der Waals surface area contributed by atoms with Crippen molar-refractivity contribution in [2.45, 2.75) is 45.1 Å². The molecule has 1 amide bonds. The van der Waals surface area contributed by atoms with Gasteiger partial charge in [0.25, 0.3) is 5.91 Å². The fraction of sp³-hybridized carbons (Fsp3) is 0.571. The Balaban J connectivity index is 2.16. The number of pyridine rings is 1. The monoisotopic (exact) mass is 281 g/mol. The summed E-state index contributed by atoms with van der Waals surface area (Å²) in [5.74, 6) is 0.502. The Morgan fingerprint density at radius 3 is 2.68 bits per heavy atom. The molecular weight excluding hydrogens is 262 g/mol. The van der Waals surface area contributed by atoms with Crippen molar-refractivity contribution in [2.24, 2.45) is 0 Å². The highest BCUT2D eigenvalue weighted by atomic mass is 35.5. The Bertz CT molecular complexity index is 466. The molecule has 1 aliphatic carbocycles. The molecule has 2 rings (SSSR count). The van der Waals surface area contributed by atoms with Gasteiger partial charge in [-0.1, -0.05) is 18.5 Å². The first-order chi connectivity index (χ1) is 9.10. The number of hydrogen-bond donors (Lipinski definition) is 2. The maximum absolute atomic E-state index is 12.3. The van der Waals surface area contributed by atoms with E-state index < -0.39 is 0 Å². The number of carbonyl (C=O) groups excluding carboxylic acids is 1. The summed E-state index contributed by atoms with van der Waals surface area (Å²) in [7, 11) is 0. The maximum Gasteiger partial charge on any atom is 0.271 e. The summed E-state index contributed by atoms with van der Waals surface area (Å²) in [4.78, 5) is 16.6. The molecule has 1 aliphatic rings. The fourth-order valence-corrected chi connectivity index (χ4v) is 2.54. The largest absolute Gasteiger partial charge is 0.370 e. The highest BCUT2D eigenvalue weighted by Crippen LogP contribution is 2.35. The molecule has 5 heteroatoms. The van der Waals surface area contributed by atoms with Crippen molar-refractivity contribution >= 4 is 23.3 Å². The third-order valence-corrected chi connectivity index (χ3v) is 4.09. The minimum atomic E-state index is -0.175. The average Bonchev–Trinajstić information content (AvgIpc) is 2.36. The first-order valence-corrected chi connectivity index (χ1v) is 7.21. The fourth-order valence-electron chi connectivity index (χ4n) is 2.35. The highest BCUT2D eigenvalue weighted by molar-refractivity contribution is 6.33. The molecule has 1 heterocycles. The van der Waals surface area contributed by atoms with Gasteiger partial charge in [-0.3, -0.25) is 4.79 Å². The van der Waals surface area contributed by atoms with Crippen LogP contribution in [0.2, 0.25) is 5.02 Å². The van der Waals surface area contributed by atoms with Crippen molar-refractivity contribution in [1.29, 1.82) is 0 Å². The zero-order valence-corrected chi connectivity index (χ0v) is 12.2. The number of anilines is 1.